The predicted molar refractivity (Wildman–Crippen MR) is 154 cm³/mol. The smallest absolute Gasteiger partial charge is 0.155 e. The third kappa shape index (κ3) is 6.04. The Morgan fingerprint density at radius 2 is 1.63 bits per heavy atom. The molecule has 3 aromatic carbocycles. The summed E-state index contributed by atoms with van der Waals surface area (Å²) in [6.45, 7) is 13.5. The number of aliphatic hydroxyl groups is 1. The number of ketones is 1. The van der Waals surface area contributed by atoms with Crippen LogP contribution in [0, 0.1) is 25.7 Å². The van der Waals surface area contributed by atoms with Crippen molar-refractivity contribution in [1.29, 1.82) is 0 Å². The third-order valence-electron chi connectivity index (χ3n) is 6.20. The number of hydrogen-bond donors (Lipinski definition) is 1. The van der Waals surface area contributed by atoms with Crippen LogP contribution in [0.1, 0.15) is 50.6 Å². The number of aryl methyl sites for hydroxylation is 2. The molecule has 0 fully saturated rings. The zero-order valence-corrected chi connectivity index (χ0v) is 25.8. The van der Waals surface area contributed by atoms with Gasteiger partial charge in [-0.2, -0.15) is 11.3 Å². The van der Waals surface area contributed by atoms with Gasteiger partial charge < -0.3 is 5.11 Å². The summed E-state index contributed by atoms with van der Waals surface area (Å²) in [6, 6.07) is 17.8. The number of nitrogens with zero attached hydrogens (tertiary/aromatic N) is 1. The van der Waals surface area contributed by atoms with Crippen molar-refractivity contribution in [3.8, 4) is 11.3 Å². The van der Waals surface area contributed by atoms with Crippen molar-refractivity contribution >= 4 is 48.8 Å². The standard InChI is InChI=1S/C27H23FNS.C5H8O2.Ir/c1-15-6-7-19-20-10-11-29-25(22(20)9-8-21(19)24(15)28)17-13-18-12-16(2)30-26(18)23(14-17)27(3,4)5;1-4(6)3-5(2)7;/h6-12,14H,1-5H3;3,6H,1-2H3;/q-1;;/b;4-3-;. The molecular formula is C32H31FIrNO2S-. The van der Waals surface area contributed by atoms with Gasteiger partial charge in [0.25, 0.3) is 0 Å². The van der Waals surface area contributed by atoms with Crippen LogP contribution in [-0.4, -0.2) is 15.9 Å². The molecule has 2 aromatic heterocycles. The molecule has 0 atom stereocenters. The van der Waals surface area contributed by atoms with E-state index < -0.39 is 0 Å². The van der Waals surface area contributed by atoms with E-state index in [4.69, 9.17) is 10.1 Å². The fourth-order valence-electron chi connectivity index (χ4n) is 4.53. The third-order valence-corrected chi connectivity index (χ3v) is 7.29. The Kier molecular flexibility index (Phi) is 8.93. The molecule has 0 saturated carbocycles. The molecule has 0 unspecified atom stereocenters. The van der Waals surface area contributed by atoms with Crippen molar-refractivity contribution in [2.24, 2.45) is 0 Å². The number of thiophene rings is 1. The van der Waals surface area contributed by atoms with E-state index in [0.717, 1.165) is 32.8 Å². The van der Waals surface area contributed by atoms with Crippen LogP contribution in [-0.2, 0) is 30.3 Å². The predicted octanol–water partition coefficient (Wildman–Crippen LogP) is 9.16. The van der Waals surface area contributed by atoms with Crippen molar-refractivity contribution < 1.29 is 34.4 Å². The Balaban J connectivity index is 0.000000444. The molecule has 2 heterocycles. The molecule has 5 aromatic rings. The molecule has 6 heteroatoms. The molecule has 0 aliphatic heterocycles. The second kappa shape index (κ2) is 11.4. The molecule has 1 N–H and O–H groups in total. The number of halogens is 1. The number of carbonyl (C=O) groups excluding carboxylic acids is 1. The molecule has 5 rings (SSSR count). The number of carbonyl (C=O) groups is 1. The van der Waals surface area contributed by atoms with Gasteiger partial charge in [-0.1, -0.05) is 56.2 Å². The number of benzene rings is 3. The fourth-order valence-corrected chi connectivity index (χ4v) is 5.73. The van der Waals surface area contributed by atoms with Gasteiger partial charge in [0.05, 0.1) is 5.76 Å². The van der Waals surface area contributed by atoms with Crippen LogP contribution in [0.25, 0.3) is 42.9 Å². The number of rotatable bonds is 2. The molecule has 1 radical (unpaired) electrons. The Labute approximate surface area is 240 Å². The van der Waals surface area contributed by atoms with E-state index in [1.54, 1.807) is 6.92 Å². The first-order chi connectivity index (χ1) is 17.4. The molecule has 38 heavy (non-hydrogen) atoms. The van der Waals surface area contributed by atoms with Crippen LogP contribution in [0.5, 0.6) is 0 Å². The molecule has 0 aliphatic carbocycles. The van der Waals surface area contributed by atoms with Crippen LogP contribution >= 0.6 is 11.3 Å². The average molecular weight is 705 g/mol. The van der Waals surface area contributed by atoms with Gasteiger partial charge in [-0.25, -0.2) is 4.39 Å². The minimum absolute atomic E-state index is 0. The summed E-state index contributed by atoms with van der Waals surface area (Å²) in [5.41, 5.74) is 3.87. The maximum Gasteiger partial charge on any atom is 0.155 e. The topological polar surface area (TPSA) is 50.2 Å². The Bertz CT molecular complexity index is 1690. The van der Waals surface area contributed by atoms with Crippen molar-refractivity contribution in [2.75, 3.05) is 0 Å². The van der Waals surface area contributed by atoms with Crippen molar-refractivity contribution in [3.63, 3.8) is 0 Å². The zero-order valence-electron chi connectivity index (χ0n) is 22.6. The normalized spacial score (nSPS) is 11.8. The first-order valence-electron chi connectivity index (χ1n) is 12.2. The second-order valence-electron chi connectivity index (χ2n) is 10.5. The minimum atomic E-state index is -0.149. The van der Waals surface area contributed by atoms with Crippen LogP contribution in [0.15, 0.2) is 60.5 Å². The monoisotopic (exact) mass is 705 g/mol. The average Bonchev–Trinajstić information content (AvgIpc) is 3.18. The number of allylic oxidation sites excluding steroid dienone is 2. The molecule has 0 amide bonds. The quantitative estimate of drug-likeness (QED) is 0.0864. The van der Waals surface area contributed by atoms with Gasteiger partial charge in [-0.05, 0) is 70.5 Å². The summed E-state index contributed by atoms with van der Waals surface area (Å²) in [6.07, 6.45) is 2.99. The second-order valence-corrected chi connectivity index (χ2v) is 11.7. The van der Waals surface area contributed by atoms with E-state index in [1.807, 2.05) is 47.9 Å². The largest absolute Gasteiger partial charge is 0.512 e. The summed E-state index contributed by atoms with van der Waals surface area (Å²) in [4.78, 5) is 16.0. The number of aliphatic hydroxyl groups excluding tert-OH is 1. The zero-order chi connectivity index (χ0) is 27.1. The number of aromatic nitrogens is 1. The van der Waals surface area contributed by atoms with E-state index in [-0.39, 0.29) is 42.9 Å². The van der Waals surface area contributed by atoms with Gasteiger partial charge in [0.2, 0.25) is 0 Å². The van der Waals surface area contributed by atoms with Crippen molar-refractivity contribution in [1.82, 2.24) is 4.98 Å². The minimum Gasteiger partial charge on any atom is -0.512 e. The van der Waals surface area contributed by atoms with Crippen molar-refractivity contribution in [2.45, 2.75) is 53.9 Å². The Hall–Kier alpha value is -2.92. The SMILES string of the molecule is CC(=O)/C=C(/C)O.Cc1cc2[c-]c(-c3nccc4c3ccc3c(F)c(C)ccc34)cc(C(C)(C)C)c2s1.[Ir]. The molecule has 199 valence electrons. The molecule has 0 bridgehead atoms. The Morgan fingerprint density at radius 3 is 2.24 bits per heavy atom. The van der Waals surface area contributed by atoms with E-state index in [1.165, 1.54) is 35.1 Å². The van der Waals surface area contributed by atoms with E-state index in [2.05, 4.69) is 45.9 Å². The first-order valence-corrected chi connectivity index (χ1v) is 13.0. The molecule has 3 nitrogen and oxygen atoms in total. The summed E-state index contributed by atoms with van der Waals surface area (Å²) < 4.78 is 16.0. The maximum atomic E-state index is 14.7. The molecule has 0 aliphatic rings. The summed E-state index contributed by atoms with van der Waals surface area (Å²) in [7, 11) is 0. The summed E-state index contributed by atoms with van der Waals surface area (Å²) in [5, 5.41) is 13.1. The van der Waals surface area contributed by atoms with Gasteiger partial charge in [0, 0.05) is 43.5 Å². The van der Waals surface area contributed by atoms with Crippen LogP contribution < -0.4 is 0 Å². The fraction of sp³-hybridized carbons (Fsp3) is 0.250. The van der Waals surface area contributed by atoms with Gasteiger partial charge in [-0.15, -0.1) is 23.6 Å². The summed E-state index contributed by atoms with van der Waals surface area (Å²) in [5.74, 6) is -0.211. The van der Waals surface area contributed by atoms with E-state index >= 15 is 0 Å². The van der Waals surface area contributed by atoms with Crippen LogP contribution in [0.3, 0.4) is 0 Å². The Morgan fingerprint density at radius 1 is 1.00 bits per heavy atom. The van der Waals surface area contributed by atoms with Gasteiger partial charge in [-0.3, -0.25) is 9.78 Å². The van der Waals surface area contributed by atoms with Gasteiger partial charge >= 0.3 is 0 Å². The number of hydrogen-bond acceptors (Lipinski definition) is 4. The van der Waals surface area contributed by atoms with E-state index in [9.17, 15) is 9.18 Å². The number of fused-ring (bicyclic) bond motifs is 4. The van der Waals surface area contributed by atoms with Gasteiger partial charge in [0.1, 0.15) is 5.82 Å². The first kappa shape index (κ1) is 29.6. The van der Waals surface area contributed by atoms with Crippen LogP contribution in [0.4, 0.5) is 4.39 Å². The summed E-state index contributed by atoms with van der Waals surface area (Å²) >= 11 is 1.82. The molecule has 0 spiro atoms. The van der Waals surface area contributed by atoms with Gasteiger partial charge in [0.15, 0.2) is 5.78 Å². The molecular weight excluding hydrogens is 674 g/mol. The van der Waals surface area contributed by atoms with Crippen molar-refractivity contribution in [3.05, 3.63) is 88.4 Å². The van der Waals surface area contributed by atoms with E-state index in [0.29, 0.717) is 10.9 Å². The maximum absolute atomic E-state index is 14.7. The number of pyridine rings is 1. The molecule has 0 saturated heterocycles. The van der Waals surface area contributed by atoms with Crippen LogP contribution in [0.2, 0.25) is 0 Å².